The largest absolute Gasteiger partial charge is 0.513 e. The number of aliphatic hydroxyl groups is 1. The first-order valence-electron chi connectivity index (χ1n) is 8.10. The highest BCUT2D eigenvalue weighted by molar-refractivity contribution is 7.99. The van der Waals surface area contributed by atoms with Crippen molar-refractivity contribution < 1.29 is 5.11 Å². The number of rotatable bonds is 5. The third kappa shape index (κ3) is 3.91. The third-order valence-electron chi connectivity index (χ3n) is 4.34. The second kappa shape index (κ2) is 7.14. The van der Waals surface area contributed by atoms with Gasteiger partial charge in [-0.25, -0.2) is 0 Å². The van der Waals surface area contributed by atoms with Gasteiger partial charge in [-0.15, -0.1) is 0 Å². The van der Waals surface area contributed by atoms with Gasteiger partial charge in [0.1, 0.15) is 0 Å². The van der Waals surface area contributed by atoms with E-state index < -0.39 is 0 Å². The Morgan fingerprint density at radius 3 is 2.65 bits per heavy atom. The zero-order valence-electron chi connectivity index (χ0n) is 13.5. The quantitative estimate of drug-likeness (QED) is 0.726. The van der Waals surface area contributed by atoms with Gasteiger partial charge < -0.3 is 10.0 Å². The lowest BCUT2D eigenvalue weighted by molar-refractivity contribution is 0.376. The Labute approximate surface area is 142 Å². The molecule has 0 saturated carbocycles. The van der Waals surface area contributed by atoms with Gasteiger partial charge in [0.15, 0.2) is 0 Å². The molecule has 0 aliphatic carbocycles. The van der Waals surface area contributed by atoms with Crippen molar-refractivity contribution in [2.75, 3.05) is 11.4 Å². The monoisotopic (exact) mass is 325 g/mol. The molecule has 120 valence electrons. The van der Waals surface area contributed by atoms with Gasteiger partial charge in [-0.3, -0.25) is 0 Å². The number of aliphatic hydroxyl groups excluding tert-OH is 1. The smallest absolute Gasteiger partial charge is 0.0871 e. The number of hydrogen-bond donors (Lipinski definition) is 1. The van der Waals surface area contributed by atoms with Crippen molar-refractivity contribution in [2.24, 2.45) is 0 Å². The summed E-state index contributed by atoms with van der Waals surface area (Å²) in [4.78, 5) is 4.95. The lowest BCUT2D eigenvalue weighted by atomic mass is 10.1. The number of aryl methyl sites for hydroxylation is 1. The Balaban J connectivity index is 1.72. The van der Waals surface area contributed by atoms with Crippen LogP contribution in [0, 0.1) is 6.92 Å². The van der Waals surface area contributed by atoms with E-state index in [1.54, 1.807) is 11.8 Å². The van der Waals surface area contributed by atoms with Crippen LogP contribution in [0.5, 0.6) is 0 Å². The topological polar surface area (TPSA) is 23.5 Å². The molecule has 3 heteroatoms. The van der Waals surface area contributed by atoms with E-state index in [2.05, 4.69) is 66.9 Å². The summed E-state index contributed by atoms with van der Waals surface area (Å²) < 4.78 is 0. The van der Waals surface area contributed by atoms with E-state index in [1.807, 2.05) is 0 Å². The molecule has 1 saturated heterocycles. The van der Waals surface area contributed by atoms with Gasteiger partial charge >= 0.3 is 0 Å². The van der Waals surface area contributed by atoms with Crippen LogP contribution in [0.3, 0.4) is 0 Å². The zero-order valence-corrected chi connectivity index (χ0v) is 14.4. The van der Waals surface area contributed by atoms with E-state index in [4.69, 9.17) is 0 Å². The Bertz CT molecular complexity index is 680. The van der Waals surface area contributed by atoms with E-state index in [0.29, 0.717) is 12.5 Å². The summed E-state index contributed by atoms with van der Waals surface area (Å²) in [6, 6.07) is 17.6. The molecule has 1 N–H and O–H groups in total. The molecular weight excluding hydrogens is 302 g/mol. The van der Waals surface area contributed by atoms with Crippen LogP contribution < -0.4 is 4.90 Å². The van der Waals surface area contributed by atoms with Gasteiger partial charge in [0.2, 0.25) is 0 Å². The van der Waals surface area contributed by atoms with Crippen molar-refractivity contribution in [1.82, 2.24) is 0 Å². The molecule has 2 aromatic rings. The average Bonchev–Trinajstić information content (AvgIpc) is 2.98. The summed E-state index contributed by atoms with van der Waals surface area (Å²) in [5, 5.41) is 9.49. The Morgan fingerprint density at radius 2 is 1.96 bits per heavy atom. The Kier molecular flexibility index (Phi) is 4.97. The first-order chi connectivity index (χ1) is 11.1. The second-order valence-electron chi connectivity index (χ2n) is 6.12. The van der Waals surface area contributed by atoms with Crippen LogP contribution in [0.4, 0.5) is 5.69 Å². The van der Waals surface area contributed by atoms with Gasteiger partial charge in [-0.05, 0) is 55.7 Å². The molecule has 0 radical (unpaired) electrons. The number of anilines is 1. The SMILES string of the molecule is C=C(O)CC1CCCN1c1ccc(Sc2ccccc2C)cc1. The molecule has 0 bridgehead atoms. The molecular formula is C20H23NOS. The fourth-order valence-electron chi connectivity index (χ4n) is 3.16. The van der Waals surface area contributed by atoms with Gasteiger partial charge in [0.25, 0.3) is 0 Å². The molecule has 1 fully saturated rings. The summed E-state index contributed by atoms with van der Waals surface area (Å²) in [6.07, 6.45) is 2.97. The molecule has 2 nitrogen and oxygen atoms in total. The molecule has 1 atom stereocenters. The molecule has 0 aromatic heterocycles. The number of benzene rings is 2. The molecule has 23 heavy (non-hydrogen) atoms. The standard InChI is InChI=1S/C20H23NOS/c1-15-6-3-4-8-20(15)23-19-11-9-17(10-12-19)21-13-5-7-18(21)14-16(2)22/h3-4,6,8-12,18,22H,2,5,7,13-14H2,1H3. The highest BCUT2D eigenvalue weighted by Crippen LogP contribution is 2.33. The number of hydrogen-bond acceptors (Lipinski definition) is 3. The van der Waals surface area contributed by atoms with Crippen LogP contribution in [0.15, 0.2) is 70.7 Å². The number of nitrogens with zero attached hydrogens (tertiary/aromatic N) is 1. The summed E-state index contributed by atoms with van der Waals surface area (Å²) >= 11 is 1.80. The minimum absolute atomic E-state index is 0.286. The highest BCUT2D eigenvalue weighted by Gasteiger charge is 2.25. The molecule has 0 amide bonds. The molecule has 1 aliphatic rings. The highest BCUT2D eigenvalue weighted by atomic mass is 32.2. The molecule has 0 spiro atoms. The van der Waals surface area contributed by atoms with E-state index in [9.17, 15) is 5.11 Å². The summed E-state index contributed by atoms with van der Waals surface area (Å²) in [5.74, 6) is 0.286. The van der Waals surface area contributed by atoms with E-state index >= 15 is 0 Å². The average molecular weight is 325 g/mol. The third-order valence-corrected chi connectivity index (χ3v) is 5.52. The lowest BCUT2D eigenvalue weighted by Gasteiger charge is -2.26. The van der Waals surface area contributed by atoms with Crippen LogP contribution in [0.1, 0.15) is 24.8 Å². The van der Waals surface area contributed by atoms with Crippen molar-refractivity contribution in [1.29, 1.82) is 0 Å². The van der Waals surface area contributed by atoms with Crippen LogP contribution >= 0.6 is 11.8 Å². The van der Waals surface area contributed by atoms with Crippen molar-refractivity contribution >= 4 is 17.4 Å². The fraction of sp³-hybridized carbons (Fsp3) is 0.300. The maximum absolute atomic E-state index is 9.49. The first kappa shape index (κ1) is 16.0. The van der Waals surface area contributed by atoms with Crippen molar-refractivity contribution in [3.63, 3.8) is 0 Å². The lowest BCUT2D eigenvalue weighted by Crippen LogP contribution is -2.29. The second-order valence-corrected chi connectivity index (χ2v) is 7.24. The van der Waals surface area contributed by atoms with Crippen molar-refractivity contribution in [2.45, 2.75) is 42.0 Å². The minimum atomic E-state index is 0.286. The fourth-order valence-corrected chi connectivity index (χ4v) is 4.07. The zero-order chi connectivity index (χ0) is 16.2. The minimum Gasteiger partial charge on any atom is -0.513 e. The van der Waals surface area contributed by atoms with Crippen LogP contribution in [0.2, 0.25) is 0 Å². The maximum atomic E-state index is 9.49. The Morgan fingerprint density at radius 1 is 1.22 bits per heavy atom. The van der Waals surface area contributed by atoms with Crippen LogP contribution in [-0.4, -0.2) is 17.7 Å². The molecule has 3 rings (SSSR count). The Hall–Kier alpha value is -1.87. The predicted molar refractivity (Wildman–Crippen MR) is 98.5 cm³/mol. The van der Waals surface area contributed by atoms with Gasteiger partial charge in [0, 0.05) is 34.5 Å². The maximum Gasteiger partial charge on any atom is 0.0871 e. The first-order valence-corrected chi connectivity index (χ1v) is 8.92. The van der Waals surface area contributed by atoms with Gasteiger partial charge in [-0.1, -0.05) is 36.5 Å². The van der Waals surface area contributed by atoms with Crippen LogP contribution in [0.25, 0.3) is 0 Å². The van der Waals surface area contributed by atoms with Crippen molar-refractivity contribution in [3.05, 3.63) is 66.4 Å². The summed E-state index contributed by atoms with van der Waals surface area (Å²) in [7, 11) is 0. The van der Waals surface area contributed by atoms with E-state index in [-0.39, 0.29) is 5.76 Å². The molecule has 1 aliphatic heterocycles. The van der Waals surface area contributed by atoms with E-state index in [1.165, 1.54) is 27.5 Å². The summed E-state index contributed by atoms with van der Waals surface area (Å²) in [5.41, 5.74) is 2.55. The van der Waals surface area contributed by atoms with Crippen molar-refractivity contribution in [3.8, 4) is 0 Å². The van der Waals surface area contributed by atoms with E-state index in [0.717, 1.165) is 13.0 Å². The molecule has 1 unspecified atom stereocenters. The summed E-state index contributed by atoms with van der Waals surface area (Å²) in [6.45, 7) is 6.85. The normalized spacial score (nSPS) is 17.4. The molecule has 2 aromatic carbocycles. The van der Waals surface area contributed by atoms with Crippen LogP contribution in [-0.2, 0) is 0 Å². The van der Waals surface area contributed by atoms with Gasteiger partial charge in [-0.2, -0.15) is 0 Å². The van der Waals surface area contributed by atoms with Gasteiger partial charge in [0.05, 0.1) is 5.76 Å². The predicted octanol–water partition coefficient (Wildman–Crippen LogP) is 5.58. The molecule has 1 heterocycles.